The first-order chi connectivity index (χ1) is 22.8. The second kappa shape index (κ2) is 12.9. The molecule has 14 nitrogen and oxygen atoms in total. The molecule has 3 fully saturated rings. The summed E-state index contributed by atoms with van der Waals surface area (Å²) in [4.78, 5) is 63.0. The predicted octanol–water partition coefficient (Wildman–Crippen LogP) is 3.55. The van der Waals surface area contributed by atoms with Crippen LogP contribution >= 0.6 is 0 Å². The summed E-state index contributed by atoms with van der Waals surface area (Å²) in [5.74, 6) is 0.821. The minimum absolute atomic E-state index is 0.0294. The van der Waals surface area contributed by atoms with Crippen LogP contribution in [0.1, 0.15) is 54.3 Å². The van der Waals surface area contributed by atoms with E-state index in [1.54, 1.807) is 31.4 Å². The van der Waals surface area contributed by atoms with Gasteiger partial charge < -0.3 is 19.7 Å². The predicted molar refractivity (Wildman–Crippen MR) is 178 cm³/mol. The van der Waals surface area contributed by atoms with Gasteiger partial charge in [0.05, 0.1) is 29.5 Å². The van der Waals surface area contributed by atoms with Crippen molar-refractivity contribution in [2.75, 3.05) is 61.9 Å². The highest BCUT2D eigenvalue weighted by Crippen LogP contribution is 2.35. The molecule has 14 heteroatoms. The van der Waals surface area contributed by atoms with Crippen LogP contribution in [0.25, 0.3) is 11.0 Å². The number of urea groups is 1. The van der Waals surface area contributed by atoms with Crippen molar-refractivity contribution in [1.82, 2.24) is 39.6 Å². The van der Waals surface area contributed by atoms with Crippen LogP contribution in [0.2, 0.25) is 0 Å². The molecule has 0 unspecified atom stereocenters. The summed E-state index contributed by atoms with van der Waals surface area (Å²) in [6.45, 7) is 4.57. The Balaban J connectivity index is 0.959. The number of nitrogens with zero attached hydrogens (tertiary/aromatic N) is 9. The van der Waals surface area contributed by atoms with Gasteiger partial charge in [0.25, 0.3) is 5.91 Å². The molecule has 0 radical (unpaired) electrons. The number of nitrogens with one attached hydrogen (secondary N) is 2. The van der Waals surface area contributed by atoms with Gasteiger partial charge in [-0.15, -0.1) is 0 Å². The number of hydrogen-bond acceptors (Lipinski definition) is 10. The zero-order valence-electron chi connectivity index (χ0n) is 26.7. The van der Waals surface area contributed by atoms with Crippen molar-refractivity contribution in [2.45, 2.75) is 44.7 Å². The average Bonchev–Trinajstić information content (AvgIpc) is 3.74. The molecule has 6 heterocycles. The van der Waals surface area contributed by atoms with E-state index in [1.807, 2.05) is 30.5 Å². The van der Waals surface area contributed by atoms with Crippen LogP contribution in [-0.2, 0) is 11.3 Å². The summed E-state index contributed by atoms with van der Waals surface area (Å²) in [5.41, 5.74) is 4.10. The Hall–Kier alpha value is -5.11. The van der Waals surface area contributed by atoms with E-state index in [0.717, 1.165) is 80.8 Å². The van der Waals surface area contributed by atoms with E-state index in [4.69, 9.17) is 4.98 Å². The summed E-state index contributed by atoms with van der Waals surface area (Å²) in [5, 5.41) is 6.45. The topological polar surface area (TPSA) is 145 Å². The molecule has 1 aliphatic carbocycles. The molecule has 2 N–H and O–H groups in total. The molecule has 4 amide bonds. The van der Waals surface area contributed by atoms with Crippen LogP contribution in [0.15, 0.2) is 48.9 Å². The maximum atomic E-state index is 13.0. The van der Waals surface area contributed by atoms with Crippen molar-refractivity contribution in [3.05, 3.63) is 60.3 Å². The number of fused-ring (bicyclic) bond motifs is 1. The molecule has 0 atom stereocenters. The lowest BCUT2D eigenvalue weighted by molar-refractivity contribution is -0.120. The lowest BCUT2D eigenvalue weighted by Gasteiger charge is -2.35. The fourth-order valence-corrected chi connectivity index (χ4v) is 6.63. The van der Waals surface area contributed by atoms with E-state index in [9.17, 15) is 14.4 Å². The van der Waals surface area contributed by atoms with Crippen molar-refractivity contribution in [3.8, 4) is 0 Å². The Morgan fingerprint density at radius 1 is 0.936 bits per heavy atom. The highest BCUT2D eigenvalue weighted by molar-refractivity contribution is 6.05. The molecule has 3 aliphatic rings. The zero-order valence-corrected chi connectivity index (χ0v) is 26.7. The lowest BCUT2D eigenvalue weighted by Crippen LogP contribution is -2.49. The van der Waals surface area contributed by atoms with Crippen LogP contribution in [0.4, 0.5) is 27.9 Å². The van der Waals surface area contributed by atoms with Gasteiger partial charge in [0.2, 0.25) is 11.9 Å². The van der Waals surface area contributed by atoms with Gasteiger partial charge in [-0.25, -0.2) is 14.8 Å². The maximum Gasteiger partial charge on any atom is 0.328 e. The van der Waals surface area contributed by atoms with Gasteiger partial charge in [0, 0.05) is 77.4 Å². The number of amides is 4. The minimum atomic E-state index is -0.404. The summed E-state index contributed by atoms with van der Waals surface area (Å²) >= 11 is 0. The molecule has 4 aromatic heterocycles. The molecule has 244 valence electrons. The fraction of sp³-hybridized carbons (Fsp3) is 0.424. The molecular formula is C33H39N11O3. The summed E-state index contributed by atoms with van der Waals surface area (Å²) in [7, 11) is 3.55. The second-order valence-corrected chi connectivity index (χ2v) is 12.6. The zero-order chi connectivity index (χ0) is 32.5. The monoisotopic (exact) mass is 637 g/mol. The highest BCUT2D eigenvalue weighted by Gasteiger charge is 2.27. The van der Waals surface area contributed by atoms with E-state index in [2.05, 4.69) is 46.0 Å². The van der Waals surface area contributed by atoms with Crippen LogP contribution in [0.3, 0.4) is 0 Å². The molecule has 2 aliphatic heterocycles. The van der Waals surface area contributed by atoms with Crippen LogP contribution in [0, 0.1) is 0 Å². The Labute approximate surface area is 272 Å². The third kappa shape index (κ3) is 6.45. The largest absolute Gasteiger partial charge is 0.368 e. The number of anilines is 4. The minimum Gasteiger partial charge on any atom is -0.368 e. The number of carbonyl (C=O) groups is 3. The molecule has 1 saturated carbocycles. The third-order valence-electron chi connectivity index (χ3n) is 9.18. The molecule has 0 aromatic carbocycles. The van der Waals surface area contributed by atoms with Gasteiger partial charge in [-0.2, -0.15) is 4.98 Å². The maximum absolute atomic E-state index is 13.0. The number of imide groups is 1. The third-order valence-corrected chi connectivity index (χ3v) is 9.18. The Kier molecular flexibility index (Phi) is 8.41. The van der Waals surface area contributed by atoms with Crippen molar-refractivity contribution in [2.24, 2.45) is 0 Å². The van der Waals surface area contributed by atoms with E-state index in [-0.39, 0.29) is 24.3 Å². The fourth-order valence-electron chi connectivity index (χ4n) is 6.63. The molecule has 7 rings (SSSR count). The molecule has 4 aromatic rings. The summed E-state index contributed by atoms with van der Waals surface area (Å²) in [6, 6.07) is 9.58. The SMILES string of the molecule is CN(C)C(=O)c1cc2cnc(Nc3ccc(N4CCN(Cc5ccc(N6CCC(=O)NC6=O)cn5)CC4)cn3)nc2n1C1CCCC1. The average molecular weight is 638 g/mol. The lowest BCUT2D eigenvalue weighted by atomic mass is 10.2. The Morgan fingerprint density at radius 3 is 2.38 bits per heavy atom. The van der Waals surface area contributed by atoms with Crippen LogP contribution < -0.4 is 20.4 Å². The Bertz CT molecular complexity index is 1770. The van der Waals surface area contributed by atoms with Gasteiger partial charge in [0.15, 0.2) is 0 Å². The molecule has 0 spiro atoms. The Morgan fingerprint density at radius 2 is 1.70 bits per heavy atom. The van der Waals surface area contributed by atoms with Gasteiger partial charge in [-0.05, 0) is 43.2 Å². The van der Waals surface area contributed by atoms with Gasteiger partial charge in [-0.3, -0.25) is 29.7 Å². The number of rotatable bonds is 8. The molecule has 47 heavy (non-hydrogen) atoms. The quantitative estimate of drug-likeness (QED) is 0.294. The number of pyridine rings is 2. The first-order valence-corrected chi connectivity index (χ1v) is 16.2. The smallest absolute Gasteiger partial charge is 0.328 e. The number of carbonyl (C=O) groups excluding carboxylic acids is 3. The molecule has 2 saturated heterocycles. The summed E-state index contributed by atoms with van der Waals surface area (Å²) < 4.78 is 2.11. The molecule has 0 bridgehead atoms. The van der Waals surface area contributed by atoms with Crippen molar-refractivity contribution in [3.63, 3.8) is 0 Å². The molecular weight excluding hydrogens is 598 g/mol. The van der Waals surface area contributed by atoms with Crippen molar-refractivity contribution in [1.29, 1.82) is 0 Å². The number of aromatic nitrogens is 5. The number of piperazine rings is 1. The second-order valence-electron chi connectivity index (χ2n) is 12.6. The highest BCUT2D eigenvalue weighted by atomic mass is 16.2. The number of hydrogen-bond donors (Lipinski definition) is 2. The van der Waals surface area contributed by atoms with Crippen LogP contribution in [0.5, 0.6) is 0 Å². The van der Waals surface area contributed by atoms with Gasteiger partial charge >= 0.3 is 6.03 Å². The van der Waals surface area contributed by atoms with E-state index >= 15 is 0 Å². The van der Waals surface area contributed by atoms with E-state index < -0.39 is 6.03 Å². The first kappa shape index (κ1) is 30.5. The van der Waals surface area contributed by atoms with Crippen molar-refractivity contribution < 1.29 is 14.4 Å². The van der Waals surface area contributed by atoms with Crippen LogP contribution in [-0.4, -0.2) is 99.0 Å². The van der Waals surface area contributed by atoms with Crippen molar-refractivity contribution >= 4 is 52.0 Å². The van der Waals surface area contributed by atoms with E-state index in [0.29, 0.717) is 29.7 Å². The van der Waals surface area contributed by atoms with E-state index in [1.165, 1.54) is 4.90 Å². The summed E-state index contributed by atoms with van der Waals surface area (Å²) in [6.07, 6.45) is 10.0. The van der Waals surface area contributed by atoms with Gasteiger partial charge in [0.1, 0.15) is 17.2 Å². The standard InChI is InChI=1S/C33H39N11O3/c1-40(2)31(46)27-17-22-18-36-32(39-30(22)44(27)24-5-3-4-6-24)37-28-10-9-25(19-35-28)42-15-13-41(14-16-42)21-23-7-8-26(20-34-23)43-12-11-29(45)38-33(43)47/h7-10,17-20,24H,3-6,11-16,21H2,1-2H3,(H,38,45,47)(H,35,36,37,39). The first-order valence-electron chi connectivity index (χ1n) is 16.2. The van der Waals surface area contributed by atoms with Gasteiger partial charge in [-0.1, -0.05) is 12.8 Å². The normalized spacial score (nSPS) is 17.7.